The smallest absolute Gasteiger partial charge is 0.301 e. The fourth-order valence-electron chi connectivity index (χ4n) is 3.13. The number of nitrogens with one attached hydrogen (secondary N) is 1. The molecule has 0 saturated carbocycles. The number of nitrogens with zero attached hydrogens (tertiary/aromatic N) is 2. The molecule has 2 atom stereocenters. The number of carbonyl (C=O) groups is 3. The van der Waals surface area contributed by atoms with Crippen LogP contribution in [0.1, 0.15) is 34.1 Å². The minimum absolute atomic E-state index is 0.108. The molecule has 0 aromatic carbocycles. The number of urea groups is 1. The molecule has 4 amide bonds. The summed E-state index contributed by atoms with van der Waals surface area (Å²) in [5, 5.41) is 2.31. The fraction of sp³-hybridized carbons (Fsp3) is 0.800. The predicted octanol–water partition coefficient (Wildman–Crippen LogP) is 1.07. The van der Waals surface area contributed by atoms with Crippen LogP contribution in [0.2, 0.25) is 0 Å². The van der Waals surface area contributed by atoms with E-state index in [1.54, 1.807) is 0 Å². The summed E-state index contributed by atoms with van der Waals surface area (Å²) in [4.78, 5) is 39.7. The van der Waals surface area contributed by atoms with E-state index >= 15 is 0 Å². The van der Waals surface area contributed by atoms with E-state index < -0.39 is 17.9 Å². The van der Waals surface area contributed by atoms with Crippen molar-refractivity contribution in [2.45, 2.75) is 40.2 Å². The minimum atomic E-state index is -0.745. The molecule has 0 bridgehead atoms. The summed E-state index contributed by atoms with van der Waals surface area (Å²) in [6.45, 7) is 10.2. The lowest BCUT2D eigenvalue weighted by Crippen LogP contribution is -2.60. The number of barbiturate groups is 1. The Morgan fingerprint density at radius 2 is 1.86 bits per heavy atom. The van der Waals surface area contributed by atoms with Crippen molar-refractivity contribution in [1.82, 2.24) is 15.1 Å². The maximum absolute atomic E-state index is 12.4. The Kier molecular flexibility index (Phi) is 4.66. The van der Waals surface area contributed by atoms with Gasteiger partial charge in [0.15, 0.2) is 0 Å². The van der Waals surface area contributed by atoms with Gasteiger partial charge in [0.1, 0.15) is 5.92 Å². The van der Waals surface area contributed by atoms with E-state index in [-0.39, 0.29) is 11.8 Å². The van der Waals surface area contributed by atoms with Gasteiger partial charge in [-0.15, -0.1) is 0 Å². The molecule has 2 saturated heterocycles. The maximum atomic E-state index is 12.4. The van der Waals surface area contributed by atoms with Crippen molar-refractivity contribution in [3.63, 3.8) is 0 Å². The molecule has 0 spiro atoms. The Labute approximate surface area is 125 Å². The molecule has 2 rings (SSSR count). The van der Waals surface area contributed by atoms with E-state index in [4.69, 9.17) is 0 Å². The number of imide groups is 2. The number of carbonyl (C=O) groups excluding carboxylic acids is 3. The largest absolute Gasteiger partial charge is 0.330 e. The van der Waals surface area contributed by atoms with Crippen LogP contribution in [0.4, 0.5) is 4.79 Å². The van der Waals surface area contributed by atoms with Crippen LogP contribution in [0.3, 0.4) is 0 Å². The van der Waals surface area contributed by atoms with Gasteiger partial charge in [0.25, 0.3) is 0 Å². The Morgan fingerprint density at radius 3 is 2.38 bits per heavy atom. The maximum Gasteiger partial charge on any atom is 0.330 e. The highest BCUT2D eigenvalue weighted by Crippen LogP contribution is 2.24. The van der Waals surface area contributed by atoms with Gasteiger partial charge in [-0.05, 0) is 38.6 Å². The molecule has 2 fully saturated rings. The van der Waals surface area contributed by atoms with Gasteiger partial charge in [0.2, 0.25) is 11.8 Å². The zero-order chi connectivity index (χ0) is 15.7. The summed E-state index contributed by atoms with van der Waals surface area (Å²) >= 11 is 0. The lowest BCUT2D eigenvalue weighted by atomic mass is 9.91. The molecule has 0 radical (unpaired) electrons. The third-order valence-electron chi connectivity index (χ3n) is 4.44. The van der Waals surface area contributed by atoms with Gasteiger partial charge < -0.3 is 4.90 Å². The topological polar surface area (TPSA) is 69.7 Å². The molecule has 2 heterocycles. The van der Waals surface area contributed by atoms with E-state index in [0.717, 1.165) is 19.5 Å². The van der Waals surface area contributed by atoms with Crippen molar-refractivity contribution in [3.05, 3.63) is 0 Å². The van der Waals surface area contributed by atoms with Gasteiger partial charge in [-0.3, -0.25) is 19.8 Å². The van der Waals surface area contributed by atoms with E-state index in [1.807, 2.05) is 13.8 Å². The van der Waals surface area contributed by atoms with Crippen LogP contribution in [0.5, 0.6) is 0 Å². The molecule has 0 aromatic heterocycles. The lowest BCUT2D eigenvalue weighted by Gasteiger charge is -2.33. The quantitative estimate of drug-likeness (QED) is 0.788. The zero-order valence-corrected chi connectivity index (χ0v) is 13.3. The van der Waals surface area contributed by atoms with Gasteiger partial charge >= 0.3 is 6.03 Å². The van der Waals surface area contributed by atoms with Crippen molar-refractivity contribution in [2.75, 3.05) is 19.6 Å². The molecule has 1 N–H and O–H groups in total. The second-order valence-corrected chi connectivity index (χ2v) is 6.71. The lowest BCUT2D eigenvalue weighted by molar-refractivity contribution is -0.144. The molecule has 0 aromatic rings. The van der Waals surface area contributed by atoms with Crippen LogP contribution in [0.25, 0.3) is 0 Å². The van der Waals surface area contributed by atoms with E-state index in [2.05, 4.69) is 24.1 Å². The van der Waals surface area contributed by atoms with Crippen LogP contribution in [0.15, 0.2) is 0 Å². The Morgan fingerprint density at radius 1 is 1.19 bits per heavy atom. The van der Waals surface area contributed by atoms with Gasteiger partial charge in [0, 0.05) is 19.1 Å². The van der Waals surface area contributed by atoms with Crippen molar-refractivity contribution in [1.29, 1.82) is 0 Å². The Balaban J connectivity index is 2.03. The number of amides is 4. The summed E-state index contributed by atoms with van der Waals surface area (Å²) < 4.78 is 0. The molecule has 6 nitrogen and oxygen atoms in total. The second-order valence-electron chi connectivity index (χ2n) is 6.71. The van der Waals surface area contributed by atoms with Crippen molar-refractivity contribution >= 4 is 17.8 Å². The summed E-state index contributed by atoms with van der Waals surface area (Å²) in [5.41, 5.74) is 0. The van der Waals surface area contributed by atoms with Crippen LogP contribution in [-0.4, -0.2) is 53.3 Å². The summed E-state index contributed by atoms with van der Waals surface area (Å²) in [6.07, 6.45) is 0.982. The Hall–Kier alpha value is -1.43. The standard InChI is InChI=1S/C15H25N3O3/c1-9(2)12-13(19)16-15(21)18(14(12)20)8-11-5-6-17(7-11)10(3)4/h9-12H,5-8H2,1-4H3,(H,16,19,21). The monoisotopic (exact) mass is 295 g/mol. The number of hydrogen-bond acceptors (Lipinski definition) is 4. The highest BCUT2D eigenvalue weighted by molar-refractivity contribution is 6.16. The summed E-state index contributed by atoms with van der Waals surface area (Å²) in [7, 11) is 0. The first-order chi connectivity index (χ1) is 9.81. The zero-order valence-electron chi connectivity index (χ0n) is 13.3. The van der Waals surface area contributed by atoms with Gasteiger partial charge in [-0.2, -0.15) is 0 Å². The van der Waals surface area contributed by atoms with Crippen LogP contribution in [-0.2, 0) is 9.59 Å². The highest BCUT2D eigenvalue weighted by Gasteiger charge is 2.43. The normalized spacial score (nSPS) is 27.9. The van der Waals surface area contributed by atoms with Gasteiger partial charge in [-0.25, -0.2) is 4.79 Å². The third-order valence-corrected chi connectivity index (χ3v) is 4.44. The average molecular weight is 295 g/mol. The average Bonchev–Trinajstić information content (AvgIpc) is 2.82. The van der Waals surface area contributed by atoms with E-state index in [0.29, 0.717) is 18.5 Å². The van der Waals surface area contributed by atoms with Crippen LogP contribution in [0, 0.1) is 17.8 Å². The molecular formula is C15H25N3O3. The molecule has 2 aliphatic heterocycles. The number of rotatable bonds is 4. The van der Waals surface area contributed by atoms with Gasteiger partial charge in [-0.1, -0.05) is 13.8 Å². The SMILES string of the molecule is CC(C)C1C(=O)NC(=O)N(CC2CCN(C(C)C)C2)C1=O. The molecule has 2 unspecified atom stereocenters. The molecule has 6 heteroatoms. The molecular weight excluding hydrogens is 270 g/mol. The van der Waals surface area contributed by atoms with Crippen molar-refractivity contribution in [2.24, 2.45) is 17.8 Å². The van der Waals surface area contributed by atoms with E-state index in [9.17, 15) is 14.4 Å². The fourth-order valence-corrected chi connectivity index (χ4v) is 3.13. The first-order valence-electron chi connectivity index (χ1n) is 7.71. The molecule has 118 valence electrons. The van der Waals surface area contributed by atoms with E-state index in [1.165, 1.54) is 4.90 Å². The first kappa shape index (κ1) is 15.9. The van der Waals surface area contributed by atoms with Crippen molar-refractivity contribution < 1.29 is 14.4 Å². The molecule has 0 aliphatic carbocycles. The van der Waals surface area contributed by atoms with Gasteiger partial charge in [0.05, 0.1) is 0 Å². The predicted molar refractivity (Wildman–Crippen MR) is 78.4 cm³/mol. The summed E-state index contributed by atoms with van der Waals surface area (Å²) in [6, 6.07) is -0.0872. The minimum Gasteiger partial charge on any atom is -0.301 e. The first-order valence-corrected chi connectivity index (χ1v) is 7.71. The van der Waals surface area contributed by atoms with Crippen molar-refractivity contribution in [3.8, 4) is 0 Å². The number of hydrogen-bond donors (Lipinski definition) is 1. The molecule has 21 heavy (non-hydrogen) atoms. The highest BCUT2D eigenvalue weighted by atomic mass is 16.2. The Bertz CT molecular complexity index is 447. The summed E-state index contributed by atoms with van der Waals surface area (Å²) in [5.74, 6) is -1.37. The second kappa shape index (κ2) is 6.13. The van der Waals surface area contributed by atoms with Crippen LogP contribution < -0.4 is 5.32 Å². The van der Waals surface area contributed by atoms with Crippen LogP contribution >= 0.6 is 0 Å². The third kappa shape index (κ3) is 3.26. The number of likely N-dealkylation sites (tertiary alicyclic amines) is 1. The molecule has 2 aliphatic rings.